The minimum absolute atomic E-state index is 0.0496. The number of nitrogens with two attached hydrogens (primary N) is 1. The summed E-state index contributed by atoms with van der Waals surface area (Å²) < 4.78 is 74.1. The fourth-order valence-corrected chi connectivity index (χ4v) is 2.44. The van der Waals surface area contributed by atoms with Crippen LogP contribution in [0.25, 0.3) is 0 Å². The van der Waals surface area contributed by atoms with Gasteiger partial charge in [-0.05, 0) is 24.6 Å². The van der Waals surface area contributed by atoms with E-state index in [1.807, 2.05) is 4.72 Å². The summed E-state index contributed by atoms with van der Waals surface area (Å²) in [5, 5.41) is 0. The molecule has 0 bridgehead atoms. The van der Waals surface area contributed by atoms with Crippen LogP contribution in [-0.2, 0) is 10.0 Å². The summed E-state index contributed by atoms with van der Waals surface area (Å²) in [6, 6.07) is 2.97. The normalized spacial score (nSPS) is 12.6. The van der Waals surface area contributed by atoms with Crippen molar-refractivity contribution in [2.24, 2.45) is 0 Å². The van der Waals surface area contributed by atoms with Gasteiger partial charge in [-0.25, -0.2) is 17.5 Å². The predicted octanol–water partition coefficient (Wildman–Crippen LogP) is 2.03. The predicted molar refractivity (Wildman–Crippen MR) is 61.3 cm³/mol. The van der Waals surface area contributed by atoms with E-state index in [2.05, 4.69) is 0 Å². The molecule has 4 nitrogen and oxygen atoms in total. The second kappa shape index (κ2) is 5.74. The van der Waals surface area contributed by atoms with Crippen molar-refractivity contribution < 1.29 is 26.0 Å². The van der Waals surface area contributed by atoms with Gasteiger partial charge < -0.3 is 5.73 Å². The summed E-state index contributed by atoms with van der Waals surface area (Å²) in [6.07, 6.45) is -5.88. The van der Waals surface area contributed by atoms with Crippen LogP contribution >= 0.6 is 0 Å². The van der Waals surface area contributed by atoms with Crippen LogP contribution in [0.2, 0.25) is 0 Å². The molecule has 1 aromatic rings. The zero-order valence-electron chi connectivity index (χ0n) is 9.67. The fourth-order valence-electron chi connectivity index (χ4n) is 1.31. The third-order valence-electron chi connectivity index (χ3n) is 2.17. The van der Waals surface area contributed by atoms with Crippen molar-refractivity contribution in [1.82, 2.24) is 4.72 Å². The number of rotatable bonds is 5. The highest BCUT2D eigenvalue weighted by Crippen LogP contribution is 2.21. The molecule has 1 rings (SSSR count). The number of anilines is 1. The van der Waals surface area contributed by atoms with Crippen LogP contribution in [0.1, 0.15) is 12.8 Å². The van der Waals surface area contributed by atoms with E-state index in [4.69, 9.17) is 5.73 Å². The van der Waals surface area contributed by atoms with E-state index in [0.29, 0.717) is 0 Å². The monoisotopic (exact) mass is 300 g/mol. The number of nitrogen functional groups attached to an aromatic ring is 1. The molecule has 0 aromatic heterocycles. The number of hydrogen-bond acceptors (Lipinski definition) is 3. The minimum atomic E-state index is -4.35. The highest BCUT2D eigenvalue weighted by atomic mass is 32.2. The quantitative estimate of drug-likeness (QED) is 0.496. The molecular formula is C10H12F4N2O2S. The van der Waals surface area contributed by atoms with Gasteiger partial charge in [-0.2, -0.15) is 13.2 Å². The van der Waals surface area contributed by atoms with E-state index in [1.54, 1.807) is 0 Å². The van der Waals surface area contributed by atoms with E-state index in [0.717, 1.165) is 12.1 Å². The van der Waals surface area contributed by atoms with Crippen molar-refractivity contribution in [3.63, 3.8) is 0 Å². The first-order valence-electron chi connectivity index (χ1n) is 5.23. The zero-order chi connectivity index (χ0) is 14.7. The minimum Gasteiger partial charge on any atom is -0.399 e. The maximum absolute atomic E-state index is 13.4. The Hall–Kier alpha value is -1.35. The van der Waals surface area contributed by atoms with Gasteiger partial charge in [0.05, 0.1) is 0 Å². The van der Waals surface area contributed by atoms with Crippen LogP contribution in [0.3, 0.4) is 0 Å². The number of sulfonamides is 1. The number of nitrogens with one attached hydrogen (secondary N) is 1. The molecule has 19 heavy (non-hydrogen) atoms. The maximum Gasteiger partial charge on any atom is 0.389 e. The SMILES string of the molecule is Nc1ccc(S(=O)(=O)NCCCC(F)(F)F)c(F)c1. The summed E-state index contributed by atoms with van der Waals surface area (Å²) in [7, 11) is -4.17. The smallest absolute Gasteiger partial charge is 0.389 e. The molecule has 0 aliphatic heterocycles. The van der Waals surface area contributed by atoms with Crippen molar-refractivity contribution >= 4 is 15.7 Å². The molecule has 0 fully saturated rings. The second-order valence-corrected chi connectivity index (χ2v) is 5.54. The summed E-state index contributed by atoms with van der Waals surface area (Å²) >= 11 is 0. The van der Waals surface area contributed by atoms with Crippen LogP contribution < -0.4 is 10.5 Å². The Morgan fingerprint density at radius 2 is 1.89 bits per heavy atom. The lowest BCUT2D eigenvalue weighted by atomic mass is 10.3. The highest BCUT2D eigenvalue weighted by molar-refractivity contribution is 7.89. The van der Waals surface area contributed by atoms with Crippen molar-refractivity contribution in [2.75, 3.05) is 12.3 Å². The second-order valence-electron chi connectivity index (χ2n) is 3.81. The molecule has 0 aliphatic rings. The molecule has 0 aliphatic carbocycles. The molecule has 0 saturated carbocycles. The summed E-state index contributed by atoms with van der Waals surface area (Å²) in [5.74, 6) is -1.05. The Balaban J connectivity index is 2.66. The molecule has 0 amide bonds. The summed E-state index contributed by atoms with van der Waals surface area (Å²) in [5.41, 5.74) is 5.31. The topological polar surface area (TPSA) is 72.2 Å². The molecule has 1 aromatic carbocycles. The van der Waals surface area contributed by atoms with Gasteiger partial charge in [0.25, 0.3) is 0 Å². The standard InChI is InChI=1S/C10H12F4N2O2S/c11-8-6-7(15)2-3-9(8)19(17,18)16-5-1-4-10(12,13)14/h2-3,6,16H,1,4-5,15H2. The molecule has 0 atom stereocenters. The molecule has 0 saturated heterocycles. The van der Waals surface area contributed by atoms with Crippen LogP contribution in [0.4, 0.5) is 23.2 Å². The molecule has 0 unspecified atom stereocenters. The lowest BCUT2D eigenvalue weighted by Gasteiger charge is -2.09. The Morgan fingerprint density at radius 3 is 2.42 bits per heavy atom. The molecule has 0 heterocycles. The average molecular weight is 300 g/mol. The first-order chi connectivity index (χ1) is 8.62. The summed E-state index contributed by atoms with van der Waals surface area (Å²) in [4.78, 5) is -0.645. The lowest BCUT2D eigenvalue weighted by molar-refractivity contribution is -0.135. The Kier molecular flexibility index (Phi) is 4.75. The van der Waals surface area contributed by atoms with Gasteiger partial charge in [0, 0.05) is 18.7 Å². The van der Waals surface area contributed by atoms with E-state index in [1.165, 1.54) is 6.07 Å². The van der Waals surface area contributed by atoms with Crippen molar-refractivity contribution in [3.05, 3.63) is 24.0 Å². The lowest BCUT2D eigenvalue weighted by Crippen LogP contribution is -2.26. The molecule has 3 N–H and O–H groups in total. The maximum atomic E-state index is 13.4. The van der Waals surface area contributed by atoms with Gasteiger partial charge in [0.1, 0.15) is 10.7 Å². The van der Waals surface area contributed by atoms with Gasteiger partial charge in [-0.1, -0.05) is 0 Å². The van der Waals surface area contributed by atoms with Crippen LogP contribution in [0.5, 0.6) is 0 Å². The molecular weight excluding hydrogens is 288 g/mol. The van der Waals surface area contributed by atoms with E-state index < -0.39 is 46.3 Å². The Bertz CT molecular complexity index is 543. The third-order valence-corrected chi connectivity index (χ3v) is 3.67. The van der Waals surface area contributed by atoms with Crippen molar-refractivity contribution in [1.29, 1.82) is 0 Å². The van der Waals surface area contributed by atoms with Gasteiger partial charge in [-0.15, -0.1) is 0 Å². The third kappa shape index (κ3) is 5.03. The van der Waals surface area contributed by atoms with E-state index in [9.17, 15) is 26.0 Å². The van der Waals surface area contributed by atoms with Crippen molar-refractivity contribution in [2.45, 2.75) is 23.9 Å². The highest BCUT2D eigenvalue weighted by Gasteiger charge is 2.26. The van der Waals surface area contributed by atoms with Gasteiger partial charge in [-0.3, -0.25) is 0 Å². The van der Waals surface area contributed by atoms with Crippen LogP contribution in [-0.4, -0.2) is 21.1 Å². The van der Waals surface area contributed by atoms with Gasteiger partial charge in [0.2, 0.25) is 10.0 Å². The number of alkyl halides is 3. The first-order valence-corrected chi connectivity index (χ1v) is 6.71. The van der Waals surface area contributed by atoms with Crippen LogP contribution in [0, 0.1) is 5.82 Å². The largest absolute Gasteiger partial charge is 0.399 e. The zero-order valence-corrected chi connectivity index (χ0v) is 10.5. The first kappa shape index (κ1) is 15.7. The van der Waals surface area contributed by atoms with E-state index in [-0.39, 0.29) is 5.69 Å². The molecule has 0 radical (unpaired) electrons. The Morgan fingerprint density at radius 1 is 1.26 bits per heavy atom. The number of hydrogen-bond donors (Lipinski definition) is 2. The molecule has 9 heteroatoms. The average Bonchev–Trinajstić information content (AvgIpc) is 2.22. The molecule has 108 valence electrons. The summed E-state index contributed by atoms with van der Waals surface area (Å²) in [6.45, 7) is -0.425. The van der Waals surface area contributed by atoms with Crippen LogP contribution in [0.15, 0.2) is 23.1 Å². The molecule has 0 spiro atoms. The van der Waals surface area contributed by atoms with E-state index >= 15 is 0 Å². The Labute approximate surface area is 107 Å². The van der Waals surface area contributed by atoms with Gasteiger partial charge in [0.15, 0.2) is 0 Å². The fraction of sp³-hybridized carbons (Fsp3) is 0.400. The number of halogens is 4. The van der Waals surface area contributed by atoms with Crippen molar-refractivity contribution in [3.8, 4) is 0 Å². The number of benzene rings is 1. The van der Waals surface area contributed by atoms with Gasteiger partial charge >= 0.3 is 6.18 Å².